The Balaban J connectivity index is 2.87. The predicted octanol–water partition coefficient (Wildman–Crippen LogP) is 1.01. The van der Waals surface area contributed by atoms with E-state index in [4.69, 9.17) is 34.7 Å². The molecule has 0 spiro atoms. The highest BCUT2D eigenvalue weighted by atomic mass is 35.5. The molecule has 0 fully saturated rings. The first-order valence-electron chi connectivity index (χ1n) is 4.08. The zero-order chi connectivity index (χ0) is 11.9. The summed E-state index contributed by atoms with van der Waals surface area (Å²) in [6, 6.07) is 1.30. The van der Waals surface area contributed by atoms with E-state index < -0.39 is 5.91 Å². The number of nitrogens with two attached hydrogens (primary N) is 2. The maximum atomic E-state index is 11.0. The molecule has 2 rings (SSSR count). The van der Waals surface area contributed by atoms with Gasteiger partial charge in [0.2, 0.25) is 5.28 Å². The Morgan fingerprint density at radius 2 is 1.88 bits per heavy atom. The molecule has 2 aromatic heterocycles. The summed E-state index contributed by atoms with van der Waals surface area (Å²) in [4.78, 5) is 22.4. The monoisotopic (exact) mass is 257 g/mol. The Morgan fingerprint density at radius 1 is 1.19 bits per heavy atom. The van der Waals surface area contributed by atoms with E-state index in [1.807, 2.05) is 0 Å². The SMILES string of the molecule is NC(=O)c1cc(Cl)c2nc(Cl)nc(N)c2n1. The van der Waals surface area contributed by atoms with Gasteiger partial charge in [0.1, 0.15) is 16.7 Å². The second-order valence-corrected chi connectivity index (χ2v) is 3.67. The number of pyridine rings is 1. The van der Waals surface area contributed by atoms with E-state index in [9.17, 15) is 4.79 Å². The molecule has 0 radical (unpaired) electrons. The van der Waals surface area contributed by atoms with Gasteiger partial charge >= 0.3 is 0 Å². The minimum atomic E-state index is -0.710. The molecule has 0 saturated heterocycles. The van der Waals surface area contributed by atoms with E-state index in [0.717, 1.165) is 0 Å². The maximum absolute atomic E-state index is 11.0. The lowest BCUT2D eigenvalue weighted by atomic mass is 10.3. The van der Waals surface area contributed by atoms with Crippen molar-refractivity contribution in [3.05, 3.63) is 22.1 Å². The first-order chi connectivity index (χ1) is 7.49. The van der Waals surface area contributed by atoms with Gasteiger partial charge in [-0.15, -0.1) is 0 Å². The third-order valence-corrected chi connectivity index (χ3v) is 2.32. The van der Waals surface area contributed by atoms with E-state index in [-0.39, 0.29) is 32.9 Å². The van der Waals surface area contributed by atoms with Crippen LogP contribution in [-0.4, -0.2) is 20.9 Å². The number of hydrogen-bond donors (Lipinski definition) is 2. The van der Waals surface area contributed by atoms with Crippen LogP contribution in [0.25, 0.3) is 11.0 Å². The molecule has 16 heavy (non-hydrogen) atoms. The lowest BCUT2D eigenvalue weighted by Crippen LogP contribution is -2.13. The number of carbonyl (C=O) groups excluding carboxylic acids is 1. The summed E-state index contributed by atoms with van der Waals surface area (Å²) in [6.45, 7) is 0. The maximum Gasteiger partial charge on any atom is 0.267 e. The summed E-state index contributed by atoms with van der Waals surface area (Å²) in [5.41, 5.74) is 11.1. The standard InChI is InChI=1S/C8H5Cl2N5O/c9-2-1-3(7(12)16)13-5-4(2)14-8(10)15-6(5)11/h1H,(H2,12,16)(H2,11,14,15). The van der Waals surface area contributed by atoms with Crippen molar-refractivity contribution in [3.8, 4) is 0 Å². The normalized spacial score (nSPS) is 10.6. The minimum Gasteiger partial charge on any atom is -0.382 e. The van der Waals surface area contributed by atoms with Crippen molar-refractivity contribution in [3.63, 3.8) is 0 Å². The summed E-state index contributed by atoms with van der Waals surface area (Å²) >= 11 is 11.5. The van der Waals surface area contributed by atoms with Crippen LogP contribution in [0.1, 0.15) is 10.5 Å². The van der Waals surface area contributed by atoms with Crippen molar-refractivity contribution < 1.29 is 4.79 Å². The summed E-state index contributed by atoms with van der Waals surface area (Å²) in [5, 5.41) is 0.148. The van der Waals surface area contributed by atoms with Crippen LogP contribution in [0.5, 0.6) is 0 Å². The molecule has 0 unspecified atom stereocenters. The van der Waals surface area contributed by atoms with Crippen LogP contribution in [-0.2, 0) is 0 Å². The fourth-order valence-corrected chi connectivity index (χ4v) is 1.60. The molecule has 0 saturated carbocycles. The number of primary amides is 1. The van der Waals surface area contributed by atoms with Crippen molar-refractivity contribution in [2.45, 2.75) is 0 Å². The number of rotatable bonds is 1. The molecule has 6 nitrogen and oxygen atoms in total. The number of anilines is 1. The molecule has 0 bridgehead atoms. The molecule has 82 valence electrons. The van der Waals surface area contributed by atoms with E-state index in [1.165, 1.54) is 6.07 Å². The van der Waals surface area contributed by atoms with Crippen molar-refractivity contribution in [1.82, 2.24) is 15.0 Å². The minimum absolute atomic E-state index is 0.00452. The highest BCUT2D eigenvalue weighted by Crippen LogP contribution is 2.25. The Bertz CT molecular complexity index is 600. The Kier molecular flexibility index (Phi) is 2.53. The van der Waals surface area contributed by atoms with E-state index in [0.29, 0.717) is 0 Å². The molecule has 0 atom stereocenters. The smallest absolute Gasteiger partial charge is 0.267 e. The molecule has 8 heteroatoms. The van der Waals surface area contributed by atoms with Gasteiger partial charge < -0.3 is 11.5 Å². The zero-order valence-electron chi connectivity index (χ0n) is 7.74. The van der Waals surface area contributed by atoms with E-state index in [2.05, 4.69) is 15.0 Å². The Labute approximate surface area is 99.6 Å². The van der Waals surface area contributed by atoms with Crippen molar-refractivity contribution in [2.24, 2.45) is 5.73 Å². The quantitative estimate of drug-likeness (QED) is 0.742. The van der Waals surface area contributed by atoms with Gasteiger partial charge in [-0.3, -0.25) is 4.79 Å². The predicted molar refractivity (Wildman–Crippen MR) is 60.3 cm³/mol. The number of nitrogens with zero attached hydrogens (tertiary/aromatic N) is 3. The van der Waals surface area contributed by atoms with Crippen molar-refractivity contribution in [1.29, 1.82) is 0 Å². The summed E-state index contributed by atoms with van der Waals surface area (Å²) in [6.07, 6.45) is 0. The molecular formula is C8H5Cl2N5O. The number of aromatic nitrogens is 3. The largest absolute Gasteiger partial charge is 0.382 e. The molecular weight excluding hydrogens is 253 g/mol. The fourth-order valence-electron chi connectivity index (χ4n) is 1.19. The van der Waals surface area contributed by atoms with Gasteiger partial charge in [-0.2, -0.15) is 4.98 Å². The van der Waals surface area contributed by atoms with Gasteiger partial charge in [0.05, 0.1) is 5.02 Å². The zero-order valence-corrected chi connectivity index (χ0v) is 9.25. The van der Waals surface area contributed by atoms with Gasteiger partial charge in [-0.1, -0.05) is 11.6 Å². The number of nitrogen functional groups attached to an aromatic ring is 1. The van der Waals surface area contributed by atoms with Crippen LogP contribution in [0, 0.1) is 0 Å². The number of hydrogen-bond acceptors (Lipinski definition) is 5. The lowest BCUT2D eigenvalue weighted by Gasteiger charge is -2.04. The molecule has 0 aliphatic rings. The van der Waals surface area contributed by atoms with Crippen LogP contribution in [0.4, 0.5) is 5.82 Å². The topological polar surface area (TPSA) is 108 Å². The van der Waals surface area contributed by atoms with E-state index >= 15 is 0 Å². The van der Waals surface area contributed by atoms with Crippen molar-refractivity contribution >= 4 is 46.0 Å². The Hall–Kier alpha value is -1.66. The second-order valence-electron chi connectivity index (χ2n) is 2.93. The van der Waals surface area contributed by atoms with Crippen LogP contribution >= 0.6 is 23.2 Å². The second kappa shape index (κ2) is 3.73. The molecule has 0 aromatic carbocycles. The highest BCUT2D eigenvalue weighted by molar-refractivity contribution is 6.36. The number of halogens is 2. The highest BCUT2D eigenvalue weighted by Gasteiger charge is 2.13. The van der Waals surface area contributed by atoms with Crippen LogP contribution < -0.4 is 11.5 Å². The van der Waals surface area contributed by atoms with Crippen LogP contribution in [0.2, 0.25) is 10.3 Å². The van der Waals surface area contributed by atoms with Gasteiger partial charge in [0, 0.05) is 0 Å². The van der Waals surface area contributed by atoms with Crippen LogP contribution in [0.3, 0.4) is 0 Å². The molecule has 0 aliphatic carbocycles. The van der Waals surface area contributed by atoms with Gasteiger partial charge in [0.15, 0.2) is 5.82 Å². The first kappa shape index (κ1) is 10.8. The number of amides is 1. The third-order valence-electron chi connectivity index (χ3n) is 1.86. The molecule has 4 N–H and O–H groups in total. The van der Waals surface area contributed by atoms with Crippen molar-refractivity contribution in [2.75, 3.05) is 5.73 Å². The number of fused-ring (bicyclic) bond motifs is 1. The molecule has 1 amide bonds. The van der Waals surface area contributed by atoms with Gasteiger partial charge in [-0.05, 0) is 17.7 Å². The first-order valence-corrected chi connectivity index (χ1v) is 4.83. The summed E-state index contributed by atoms with van der Waals surface area (Å²) in [5.74, 6) is -0.668. The Morgan fingerprint density at radius 3 is 2.50 bits per heavy atom. The van der Waals surface area contributed by atoms with Gasteiger partial charge in [0.25, 0.3) is 5.91 Å². The third kappa shape index (κ3) is 1.72. The average Bonchev–Trinajstić information content (AvgIpc) is 2.19. The van der Waals surface area contributed by atoms with E-state index in [1.54, 1.807) is 0 Å². The lowest BCUT2D eigenvalue weighted by molar-refractivity contribution is 0.0996. The molecule has 0 aliphatic heterocycles. The molecule has 2 aromatic rings. The fraction of sp³-hybridized carbons (Fsp3) is 0. The number of carbonyl (C=O) groups is 1. The summed E-state index contributed by atoms with van der Waals surface area (Å²) < 4.78 is 0. The summed E-state index contributed by atoms with van der Waals surface area (Å²) in [7, 11) is 0. The van der Waals surface area contributed by atoms with Gasteiger partial charge in [-0.25, -0.2) is 9.97 Å². The average molecular weight is 258 g/mol. The van der Waals surface area contributed by atoms with Crippen LogP contribution in [0.15, 0.2) is 6.07 Å². The molecule has 2 heterocycles.